The minimum atomic E-state index is -0.186. The van der Waals surface area contributed by atoms with Gasteiger partial charge in [0.15, 0.2) is 5.75 Å². The summed E-state index contributed by atoms with van der Waals surface area (Å²) in [6, 6.07) is 10.5. The van der Waals surface area contributed by atoms with Crippen molar-refractivity contribution in [3.05, 3.63) is 57.6 Å². The van der Waals surface area contributed by atoms with E-state index in [1.807, 2.05) is 18.2 Å². The van der Waals surface area contributed by atoms with Crippen LogP contribution in [0.2, 0.25) is 10.0 Å². The summed E-state index contributed by atoms with van der Waals surface area (Å²) in [6.07, 6.45) is 5.12. The first-order valence-electron chi connectivity index (χ1n) is 10.9. The Morgan fingerprint density at radius 1 is 1.27 bits per heavy atom. The number of amides is 1. The van der Waals surface area contributed by atoms with Crippen LogP contribution in [0.15, 0.2) is 30.3 Å². The van der Waals surface area contributed by atoms with Gasteiger partial charge in [0.1, 0.15) is 0 Å². The van der Waals surface area contributed by atoms with Gasteiger partial charge in [-0.2, -0.15) is 4.89 Å². The molecule has 0 atom stereocenters. The number of rotatable bonds is 5. The van der Waals surface area contributed by atoms with Crippen LogP contribution in [0.3, 0.4) is 0 Å². The van der Waals surface area contributed by atoms with Crippen molar-refractivity contribution in [2.45, 2.75) is 26.2 Å². The monoisotopic (exact) mass is 488 g/mol. The lowest BCUT2D eigenvalue weighted by molar-refractivity contribution is -0.215. The number of carbonyl (C=O) groups excluding carboxylic acids is 2. The van der Waals surface area contributed by atoms with E-state index >= 15 is 0 Å². The summed E-state index contributed by atoms with van der Waals surface area (Å²) in [5.41, 5.74) is 3.39. The SMILES string of the molecule is CCOC(=O)C1CCN(C(=O)/C=C/c2c(-c3ccc4c(c3)CCOO4)c[c]c(Cl)c2Cl)CC1. The minimum absolute atomic E-state index is 0.140. The molecule has 6 nitrogen and oxygen atoms in total. The van der Waals surface area contributed by atoms with Gasteiger partial charge in [-0.05, 0) is 55.2 Å². The van der Waals surface area contributed by atoms with Crippen molar-refractivity contribution in [2.24, 2.45) is 5.92 Å². The summed E-state index contributed by atoms with van der Waals surface area (Å²) in [5.74, 6) is 0.210. The van der Waals surface area contributed by atoms with E-state index in [1.165, 1.54) is 6.08 Å². The molecule has 0 aromatic heterocycles. The highest BCUT2D eigenvalue weighted by Crippen LogP contribution is 2.37. The molecule has 1 saturated heterocycles. The molecule has 33 heavy (non-hydrogen) atoms. The number of nitrogens with zero attached hydrogens (tertiary/aromatic N) is 1. The van der Waals surface area contributed by atoms with Crippen molar-refractivity contribution < 1.29 is 24.1 Å². The van der Waals surface area contributed by atoms with Crippen LogP contribution in [-0.2, 0) is 25.6 Å². The zero-order valence-electron chi connectivity index (χ0n) is 18.2. The average Bonchev–Trinajstić information content (AvgIpc) is 2.84. The highest BCUT2D eigenvalue weighted by atomic mass is 35.5. The molecule has 2 aliphatic heterocycles. The topological polar surface area (TPSA) is 65.1 Å². The zero-order valence-corrected chi connectivity index (χ0v) is 19.7. The minimum Gasteiger partial charge on any atom is -0.466 e. The fraction of sp³-hybridized carbons (Fsp3) is 0.360. The van der Waals surface area contributed by atoms with E-state index < -0.39 is 0 Å². The summed E-state index contributed by atoms with van der Waals surface area (Å²) >= 11 is 12.7. The second-order valence-electron chi connectivity index (χ2n) is 7.91. The number of piperidine rings is 1. The van der Waals surface area contributed by atoms with Gasteiger partial charge < -0.3 is 14.5 Å². The van der Waals surface area contributed by atoms with Gasteiger partial charge in [-0.1, -0.05) is 29.3 Å². The van der Waals surface area contributed by atoms with Gasteiger partial charge in [0.25, 0.3) is 0 Å². The second-order valence-corrected chi connectivity index (χ2v) is 8.66. The van der Waals surface area contributed by atoms with Crippen LogP contribution in [0.4, 0.5) is 0 Å². The predicted molar refractivity (Wildman–Crippen MR) is 126 cm³/mol. The molecule has 0 spiro atoms. The van der Waals surface area contributed by atoms with E-state index in [0.29, 0.717) is 55.5 Å². The molecular weight excluding hydrogens is 465 g/mol. The molecule has 1 fully saturated rings. The Bertz CT molecular complexity index is 1080. The normalized spacial score (nSPS) is 16.4. The van der Waals surface area contributed by atoms with Crippen molar-refractivity contribution in [1.82, 2.24) is 4.90 Å². The molecule has 0 N–H and O–H groups in total. The van der Waals surface area contributed by atoms with Crippen LogP contribution >= 0.6 is 23.2 Å². The third-order valence-corrected chi connectivity index (χ3v) is 6.64. The van der Waals surface area contributed by atoms with Gasteiger partial charge in [-0.25, -0.2) is 0 Å². The molecule has 0 unspecified atom stereocenters. The van der Waals surface area contributed by atoms with Crippen molar-refractivity contribution in [1.29, 1.82) is 0 Å². The molecule has 2 aromatic carbocycles. The number of fused-ring (bicyclic) bond motifs is 1. The number of likely N-dealkylation sites (tertiary alicyclic amines) is 1. The fourth-order valence-electron chi connectivity index (χ4n) is 4.05. The first kappa shape index (κ1) is 23.6. The molecule has 173 valence electrons. The van der Waals surface area contributed by atoms with Crippen LogP contribution < -0.4 is 4.89 Å². The Morgan fingerprint density at radius 2 is 2.06 bits per heavy atom. The molecule has 2 heterocycles. The van der Waals surface area contributed by atoms with Crippen LogP contribution in [-0.4, -0.2) is 43.1 Å². The first-order chi connectivity index (χ1) is 16.0. The molecular formula is C25H24Cl2NO5. The lowest BCUT2D eigenvalue weighted by atomic mass is 9.96. The lowest BCUT2D eigenvalue weighted by Crippen LogP contribution is -2.39. The molecule has 0 saturated carbocycles. The van der Waals surface area contributed by atoms with E-state index in [4.69, 9.17) is 37.7 Å². The van der Waals surface area contributed by atoms with Gasteiger partial charge in [0.05, 0.1) is 29.2 Å². The fourth-order valence-corrected chi connectivity index (χ4v) is 4.43. The maximum atomic E-state index is 12.8. The maximum absolute atomic E-state index is 12.8. The average molecular weight is 489 g/mol. The van der Waals surface area contributed by atoms with E-state index in [1.54, 1.807) is 24.0 Å². The summed E-state index contributed by atoms with van der Waals surface area (Å²) in [5, 5.41) is 0.619. The smallest absolute Gasteiger partial charge is 0.309 e. The quantitative estimate of drug-likeness (QED) is 0.331. The number of esters is 1. The summed E-state index contributed by atoms with van der Waals surface area (Å²) < 4.78 is 5.10. The summed E-state index contributed by atoms with van der Waals surface area (Å²) in [7, 11) is 0. The Labute approximate surface area is 202 Å². The van der Waals surface area contributed by atoms with Crippen molar-refractivity contribution in [3.63, 3.8) is 0 Å². The van der Waals surface area contributed by atoms with E-state index in [2.05, 4.69) is 6.07 Å². The van der Waals surface area contributed by atoms with Crippen LogP contribution in [0.1, 0.15) is 30.9 Å². The van der Waals surface area contributed by atoms with Gasteiger partial charge in [0.2, 0.25) is 5.91 Å². The highest BCUT2D eigenvalue weighted by molar-refractivity contribution is 6.43. The molecule has 0 bridgehead atoms. The molecule has 0 aliphatic carbocycles. The van der Waals surface area contributed by atoms with Gasteiger partial charge >= 0.3 is 5.97 Å². The van der Waals surface area contributed by atoms with Gasteiger partial charge in [-0.15, -0.1) is 0 Å². The molecule has 1 radical (unpaired) electrons. The van der Waals surface area contributed by atoms with Crippen molar-refractivity contribution >= 4 is 41.2 Å². The van der Waals surface area contributed by atoms with Crippen LogP contribution in [0.5, 0.6) is 5.75 Å². The summed E-state index contributed by atoms with van der Waals surface area (Å²) in [6.45, 7) is 3.65. The standard InChI is InChI=1S/C25H24Cl2NO5/c1-2-31-25(30)16-9-12-28(13-10-16)23(29)8-5-20-19(4-6-21(26)24(20)27)17-3-7-22-18(15-17)11-14-32-33-22/h3-5,7-8,15-16H,2,9-14H2,1H3/b8-5+. The second kappa shape index (κ2) is 10.6. The molecule has 2 aliphatic rings. The first-order valence-corrected chi connectivity index (χ1v) is 11.7. The number of ether oxygens (including phenoxy) is 1. The molecule has 1 amide bonds. The highest BCUT2D eigenvalue weighted by Gasteiger charge is 2.27. The van der Waals surface area contributed by atoms with E-state index in [9.17, 15) is 9.59 Å². The molecule has 4 rings (SSSR count). The number of halogens is 2. The Hall–Kier alpha value is -2.54. The number of hydrogen-bond donors (Lipinski definition) is 0. The predicted octanol–water partition coefficient (Wildman–Crippen LogP) is 5.14. The van der Waals surface area contributed by atoms with E-state index in [-0.39, 0.29) is 22.8 Å². The number of benzene rings is 2. The largest absolute Gasteiger partial charge is 0.466 e. The molecule has 8 heteroatoms. The molecule has 2 aromatic rings. The van der Waals surface area contributed by atoms with Gasteiger partial charge in [0, 0.05) is 42.8 Å². The maximum Gasteiger partial charge on any atom is 0.309 e. The van der Waals surface area contributed by atoms with Crippen molar-refractivity contribution in [3.8, 4) is 16.9 Å². The Kier molecular flexibility index (Phi) is 7.58. The Morgan fingerprint density at radius 3 is 2.82 bits per heavy atom. The van der Waals surface area contributed by atoms with Crippen molar-refractivity contribution in [2.75, 3.05) is 26.3 Å². The lowest BCUT2D eigenvalue weighted by Gasteiger charge is -2.30. The third-order valence-electron chi connectivity index (χ3n) is 5.86. The van der Waals surface area contributed by atoms with E-state index in [0.717, 1.165) is 23.1 Å². The van der Waals surface area contributed by atoms with Crippen LogP contribution in [0.25, 0.3) is 17.2 Å². The Balaban J connectivity index is 1.53. The number of carbonyl (C=O) groups is 2. The van der Waals surface area contributed by atoms with Gasteiger partial charge in [-0.3, -0.25) is 9.59 Å². The number of hydrogen-bond acceptors (Lipinski definition) is 5. The zero-order chi connectivity index (χ0) is 23.4. The summed E-state index contributed by atoms with van der Waals surface area (Å²) in [4.78, 5) is 36.7. The third kappa shape index (κ3) is 5.35. The van der Waals surface area contributed by atoms with Crippen LogP contribution in [0, 0.1) is 12.0 Å².